The molecule has 0 N–H and O–H groups in total. The van der Waals surface area contributed by atoms with E-state index in [-0.39, 0.29) is 0 Å². The fourth-order valence-corrected chi connectivity index (χ4v) is 8.26. The number of hydrogen-bond donors (Lipinski definition) is 0. The van der Waals surface area contributed by atoms with Crippen LogP contribution in [0.2, 0.25) is 0 Å². The van der Waals surface area contributed by atoms with Gasteiger partial charge >= 0.3 is 0 Å². The second kappa shape index (κ2) is 12.6. The van der Waals surface area contributed by atoms with Crippen molar-refractivity contribution in [1.82, 2.24) is 18.9 Å². The number of imidazole rings is 1. The third kappa shape index (κ3) is 5.02. The summed E-state index contributed by atoms with van der Waals surface area (Å²) in [5.74, 6) is 2.34. The average molecular weight is 705 g/mol. The van der Waals surface area contributed by atoms with Crippen molar-refractivity contribution in [3.8, 4) is 50.8 Å². The van der Waals surface area contributed by atoms with Crippen LogP contribution in [0.15, 0.2) is 194 Å². The number of para-hydroxylation sites is 1. The van der Waals surface area contributed by atoms with Crippen LogP contribution < -0.4 is 4.74 Å². The first-order chi connectivity index (χ1) is 27.3. The Balaban J connectivity index is 1.17. The van der Waals surface area contributed by atoms with Crippen LogP contribution in [0.4, 0.5) is 0 Å². The van der Waals surface area contributed by atoms with E-state index in [1.54, 1.807) is 0 Å². The molecule has 11 rings (SSSR count). The topological polar surface area (TPSA) is 44.3 Å². The van der Waals surface area contributed by atoms with Crippen molar-refractivity contribution in [2.24, 2.45) is 0 Å². The molecule has 0 amide bonds. The largest absolute Gasteiger partial charge is 0.457 e. The Kier molecular flexibility index (Phi) is 7.10. The van der Waals surface area contributed by atoms with Gasteiger partial charge in [-0.1, -0.05) is 127 Å². The summed E-state index contributed by atoms with van der Waals surface area (Å²) < 4.78 is 11.3. The molecule has 0 fully saturated rings. The normalized spacial score (nSPS) is 11.6. The third-order valence-corrected chi connectivity index (χ3v) is 10.7. The summed E-state index contributed by atoms with van der Waals surface area (Å²) in [6.45, 7) is 0. The second-order valence-corrected chi connectivity index (χ2v) is 13.8. The molecule has 0 spiro atoms. The zero-order chi connectivity index (χ0) is 36.3. The number of pyridine rings is 2. The lowest BCUT2D eigenvalue weighted by atomic mass is 9.91. The predicted octanol–water partition coefficient (Wildman–Crippen LogP) is 12.9. The summed E-state index contributed by atoms with van der Waals surface area (Å²) in [6, 6.07) is 63.6. The SMILES string of the molecule is c1ccc(-c2ccc(-c3ccccc3)c3c2c2ccc(Oc4ccc5c6ccccc6n(-c6ccccn6)c5c4)cc2c2ncc(-c4ccccc4)n23)cc1. The van der Waals surface area contributed by atoms with Gasteiger partial charge in [0.05, 0.1) is 28.4 Å². The van der Waals surface area contributed by atoms with E-state index in [2.05, 4.69) is 173 Å². The van der Waals surface area contributed by atoms with Crippen LogP contribution in [0, 0.1) is 0 Å². The van der Waals surface area contributed by atoms with Crippen molar-refractivity contribution in [1.29, 1.82) is 0 Å². The molecule has 0 saturated heterocycles. The first kappa shape index (κ1) is 31.1. The lowest BCUT2D eigenvalue weighted by Gasteiger charge is -2.19. The van der Waals surface area contributed by atoms with Crippen LogP contribution >= 0.6 is 0 Å². The summed E-state index contributed by atoms with van der Waals surface area (Å²) in [5.41, 5.74) is 10.9. The van der Waals surface area contributed by atoms with Gasteiger partial charge in [-0.25, -0.2) is 9.97 Å². The molecule has 0 aliphatic heterocycles. The second-order valence-electron chi connectivity index (χ2n) is 13.8. The molecular weight excluding hydrogens is 673 g/mol. The van der Waals surface area contributed by atoms with Gasteiger partial charge in [-0.05, 0) is 70.6 Å². The monoisotopic (exact) mass is 704 g/mol. The molecule has 55 heavy (non-hydrogen) atoms. The molecule has 0 saturated carbocycles. The number of hydrogen-bond acceptors (Lipinski definition) is 3. The van der Waals surface area contributed by atoms with Gasteiger partial charge in [0.1, 0.15) is 23.0 Å². The van der Waals surface area contributed by atoms with Gasteiger partial charge in [0.2, 0.25) is 0 Å². The summed E-state index contributed by atoms with van der Waals surface area (Å²) in [6.07, 6.45) is 3.84. The number of ether oxygens (including phenoxy) is 1. The van der Waals surface area contributed by atoms with Gasteiger partial charge in [-0.2, -0.15) is 0 Å². The number of fused-ring (bicyclic) bond motifs is 9. The molecule has 0 radical (unpaired) electrons. The van der Waals surface area contributed by atoms with Crippen LogP contribution in [0.5, 0.6) is 11.5 Å². The van der Waals surface area contributed by atoms with Gasteiger partial charge in [0.15, 0.2) is 0 Å². The molecular formula is C50H32N4O. The summed E-state index contributed by atoms with van der Waals surface area (Å²) in [7, 11) is 0. The van der Waals surface area contributed by atoms with Crippen molar-refractivity contribution in [2.75, 3.05) is 0 Å². The molecule has 0 bridgehead atoms. The molecule has 4 heterocycles. The van der Waals surface area contributed by atoms with E-state index >= 15 is 0 Å². The fraction of sp³-hybridized carbons (Fsp3) is 0. The van der Waals surface area contributed by atoms with Gasteiger partial charge in [0, 0.05) is 44.9 Å². The first-order valence-electron chi connectivity index (χ1n) is 18.5. The van der Waals surface area contributed by atoms with Crippen LogP contribution in [-0.4, -0.2) is 18.9 Å². The van der Waals surface area contributed by atoms with Crippen molar-refractivity contribution in [2.45, 2.75) is 0 Å². The molecule has 0 aliphatic carbocycles. The van der Waals surface area contributed by atoms with Crippen LogP contribution in [0.25, 0.3) is 88.5 Å². The number of rotatable bonds is 6. The molecule has 0 atom stereocenters. The standard InChI is InChI=1S/C50H32N4O/c1-4-14-33(15-5-1)38-27-28-39(34-16-6-2-7-17-34)49-48(38)42-26-24-36(30-43(42)50-52-32-46(54(49)50)35-18-8-3-9-19-35)55-37-23-25-41-40-20-10-11-21-44(40)53(45(41)31-37)47-22-12-13-29-51-47/h1-32H. The van der Waals surface area contributed by atoms with Gasteiger partial charge in [-0.15, -0.1) is 0 Å². The van der Waals surface area contributed by atoms with E-state index in [0.717, 1.165) is 94.6 Å². The summed E-state index contributed by atoms with van der Waals surface area (Å²) in [5, 5.41) is 5.61. The van der Waals surface area contributed by atoms with Crippen LogP contribution in [0.3, 0.4) is 0 Å². The summed E-state index contributed by atoms with van der Waals surface area (Å²) in [4.78, 5) is 9.88. The maximum absolute atomic E-state index is 6.77. The van der Waals surface area contributed by atoms with Crippen molar-refractivity contribution in [3.05, 3.63) is 194 Å². The Bertz CT molecular complexity index is 3210. The maximum atomic E-state index is 6.77. The van der Waals surface area contributed by atoms with Crippen molar-refractivity contribution < 1.29 is 4.74 Å². The molecule has 11 aromatic rings. The Morgan fingerprint density at radius 2 is 1.05 bits per heavy atom. The van der Waals surface area contributed by atoms with Crippen molar-refractivity contribution in [3.63, 3.8) is 0 Å². The maximum Gasteiger partial charge on any atom is 0.145 e. The van der Waals surface area contributed by atoms with E-state index in [1.807, 2.05) is 30.6 Å². The molecule has 5 nitrogen and oxygen atoms in total. The van der Waals surface area contributed by atoms with Gasteiger partial charge in [-0.3, -0.25) is 8.97 Å². The number of benzene rings is 7. The van der Waals surface area contributed by atoms with E-state index in [0.29, 0.717) is 0 Å². The average Bonchev–Trinajstić information content (AvgIpc) is 3.85. The molecule has 5 heteroatoms. The zero-order valence-electron chi connectivity index (χ0n) is 29.7. The smallest absolute Gasteiger partial charge is 0.145 e. The molecule has 4 aromatic heterocycles. The summed E-state index contributed by atoms with van der Waals surface area (Å²) >= 11 is 0. The highest BCUT2D eigenvalue weighted by Crippen LogP contribution is 2.44. The number of aromatic nitrogens is 4. The molecule has 258 valence electrons. The van der Waals surface area contributed by atoms with E-state index in [9.17, 15) is 0 Å². The minimum absolute atomic E-state index is 0.735. The quantitative estimate of drug-likeness (QED) is 0.162. The first-order valence-corrected chi connectivity index (χ1v) is 18.5. The molecule has 0 aliphatic rings. The highest BCUT2D eigenvalue weighted by atomic mass is 16.5. The Morgan fingerprint density at radius 1 is 0.436 bits per heavy atom. The Morgan fingerprint density at radius 3 is 1.80 bits per heavy atom. The zero-order valence-corrected chi connectivity index (χ0v) is 29.7. The highest BCUT2D eigenvalue weighted by Gasteiger charge is 2.21. The van der Waals surface area contributed by atoms with E-state index < -0.39 is 0 Å². The predicted molar refractivity (Wildman–Crippen MR) is 225 cm³/mol. The van der Waals surface area contributed by atoms with Gasteiger partial charge < -0.3 is 4.74 Å². The van der Waals surface area contributed by atoms with Crippen LogP contribution in [-0.2, 0) is 0 Å². The van der Waals surface area contributed by atoms with E-state index in [1.165, 1.54) is 5.39 Å². The minimum atomic E-state index is 0.735. The lowest BCUT2D eigenvalue weighted by Crippen LogP contribution is -1.98. The van der Waals surface area contributed by atoms with Gasteiger partial charge in [0.25, 0.3) is 0 Å². The Labute approximate surface area is 317 Å². The van der Waals surface area contributed by atoms with E-state index in [4.69, 9.17) is 14.7 Å². The van der Waals surface area contributed by atoms with Crippen LogP contribution in [0.1, 0.15) is 0 Å². The van der Waals surface area contributed by atoms with Crippen molar-refractivity contribution >= 4 is 49.1 Å². The highest BCUT2D eigenvalue weighted by molar-refractivity contribution is 6.21. The number of nitrogens with zero attached hydrogens (tertiary/aromatic N) is 4. The fourth-order valence-electron chi connectivity index (χ4n) is 8.26. The minimum Gasteiger partial charge on any atom is -0.457 e. The molecule has 7 aromatic carbocycles. The lowest BCUT2D eigenvalue weighted by molar-refractivity contribution is 0.484. The Hall–Kier alpha value is -7.50. The molecule has 0 unspecified atom stereocenters. The third-order valence-electron chi connectivity index (χ3n) is 10.7.